The lowest BCUT2D eigenvalue weighted by atomic mass is 10.1. The van der Waals surface area contributed by atoms with Gasteiger partial charge in [-0.15, -0.1) is 11.3 Å². The van der Waals surface area contributed by atoms with Crippen molar-refractivity contribution in [2.45, 2.75) is 20.0 Å². The lowest BCUT2D eigenvalue weighted by molar-refractivity contribution is -0.115. The molecule has 1 N–H and O–H groups in total. The lowest BCUT2D eigenvalue weighted by Gasteiger charge is -2.05. The summed E-state index contributed by atoms with van der Waals surface area (Å²) in [6.45, 7) is -1.04. The van der Waals surface area contributed by atoms with E-state index in [9.17, 15) is 18.0 Å². The molecule has 3 aromatic rings. The van der Waals surface area contributed by atoms with Gasteiger partial charge >= 0.3 is 6.61 Å². The van der Waals surface area contributed by atoms with Gasteiger partial charge < -0.3 is 10.1 Å². The van der Waals surface area contributed by atoms with Crippen LogP contribution in [0.25, 0.3) is 11.3 Å². The Hall–Kier alpha value is -2.87. The van der Waals surface area contributed by atoms with Crippen molar-refractivity contribution in [1.82, 2.24) is 4.98 Å². The van der Waals surface area contributed by atoms with Crippen LogP contribution in [0.3, 0.4) is 0 Å². The monoisotopic (exact) mass is 392 g/mol. The molecular weight excluding hydrogens is 377 g/mol. The minimum atomic E-state index is -2.88. The number of amides is 1. The van der Waals surface area contributed by atoms with Gasteiger partial charge in [-0.3, -0.25) is 4.79 Å². The van der Waals surface area contributed by atoms with Crippen LogP contribution in [0.15, 0.2) is 48.5 Å². The van der Waals surface area contributed by atoms with E-state index in [1.54, 1.807) is 30.3 Å². The Labute approximate surface area is 157 Å². The first-order valence-corrected chi connectivity index (χ1v) is 8.80. The van der Waals surface area contributed by atoms with Gasteiger partial charge in [0.25, 0.3) is 0 Å². The molecule has 3 rings (SSSR count). The molecule has 0 atom stereocenters. The summed E-state index contributed by atoms with van der Waals surface area (Å²) in [5, 5.41) is 3.05. The number of rotatable bonds is 6. The van der Waals surface area contributed by atoms with Crippen molar-refractivity contribution in [3.05, 3.63) is 64.8 Å². The van der Waals surface area contributed by atoms with E-state index in [1.165, 1.54) is 29.5 Å². The van der Waals surface area contributed by atoms with Crippen molar-refractivity contribution < 1.29 is 22.7 Å². The molecule has 8 heteroatoms. The average Bonchev–Trinajstić information content (AvgIpc) is 2.97. The van der Waals surface area contributed by atoms with Crippen molar-refractivity contribution in [3.63, 3.8) is 0 Å². The molecule has 0 radical (unpaired) electrons. The summed E-state index contributed by atoms with van der Waals surface area (Å²) in [4.78, 5) is 17.4. The number of anilines is 1. The van der Waals surface area contributed by atoms with E-state index >= 15 is 0 Å². The molecule has 0 unspecified atom stereocenters. The van der Waals surface area contributed by atoms with Crippen LogP contribution in [0.5, 0.6) is 5.75 Å². The van der Waals surface area contributed by atoms with E-state index in [0.29, 0.717) is 22.0 Å². The molecule has 0 aliphatic carbocycles. The third-order valence-electron chi connectivity index (χ3n) is 3.70. The smallest absolute Gasteiger partial charge is 0.387 e. The zero-order chi connectivity index (χ0) is 19.4. The first kappa shape index (κ1) is 18.9. The Morgan fingerprint density at radius 2 is 1.89 bits per heavy atom. The molecule has 0 saturated heterocycles. The van der Waals surface area contributed by atoms with E-state index in [0.717, 1.165) is 4.88 Å². The Morgan fingerprint density at radius 3 is 2.56 bits per heavy atom. The van der Waals surface area contributed by atoms with Gasteiger partial charge in [0.05, 0.1) is 12.1 Å². The minimum absolute atomic E-state index is 0.0556. The molecule has 0 saturated carbocycles. The summed E-state index contributed by atoms with van der Waals surface area (Å²) in [6, 6.07) is 12.2. The van der Waals surface area contributed by atoms with E-state index in [1.807, 2.05) is 6.92 Å². The molecule has 1 aromatic heterocycles. The summed E-state index contributed by atoms with van der Waals surface area (Å²) >= 11 is 1.28. The van der Waals surface area contributed by atoms with Gasteiger partial charge in [-0.25, -0.2) is 9.37 Å². The first-order chi connectivity index (χ1) is 12.9. The second-order valence-corrected chi connectivity index (χ2v) is 6.85. The summed E-state index contributed by atoms with van der Waals surface area (Å²) in [7, 11) is 0. The number of benzene rings is 2. The molecule has 1 heterocycles. The average molecular weight is 392 g/mol. The Kier molecular flexibility index (Phi) is 5.75. The van der Waals surface area contributed by atoms with Crippen LogP contribution < -0.4 is 10.1 Å². The molecule has 2 aromatic carbocycles. The Bertz CT molecular complexity index is 942. The maximum Gasteiger partial charge on any atom is 0.387 e. The van der Waals surface area contributed by atoms with Crippen LogP contribution in [-0.2, 0) is 11.2 Å². The summed E-state index contributed by atoms with van der Waals surface area (Å²) in [5.41, 5.74) is 1.64. The standard InChI is InChI=1S/C19H15F3N2O2S/c1-11-17(12-6-8-14(9-7-12)26-18(21)22)24-19(27-11)23-16(25)10-13-4-2-3-5-15(13)20/h2-9,18H,10H2,1H3,(H,23,24,25). The number of aryl methyl sites for hydroxylation is 1. The highest BCUT2D eigenvalue weighted by Crippen LogP contribution is 2.31. The molecule has 0 bridgehead atoms. The van der Waals surface area contributed by atoms with Crippen molar-refractivity contribution in [2.24, 2.45) is 0 Å². The molecule has 140 valence electrons. The number of halogens is 3. The lowest BCUT2D eigenvalue weighted by Crippen LogP contribution is -2.15. The normalized spacial score (nSPS) is 10.9. The van der Waals surface area contributed by atoms with Gasteiger partial charge in [-0.05, 0) is 42.8 Å². The van der Waals surface area contributed by atoms with Crippen molar-refractivity contribution in [1.29, 1.82) is 0 Å². The van der Waals surface area contributed by atoms with E-state index in [-0.39, 0.29) is 18.1 Å². The minimum Gasteiger partial charge on any atom is -0.435 e. The quantitative estimate of drug-likeness (QED) is 0.639. The van der Waals surface area contributed by atoms with Crippen molar-refractivity contribution >= 4 is 22.4 Å². The number of hydrogen-bond acceptors (Lipinski definition) is 4. The highest BCUT2D eigenvalue weighted by molar-refractivity contribution is 7.16. The highest BCUT2D eigenvalue weighted by atomic mass is 32.1. The number of hydrogen-bond donors (Lipinski definition) is 1. The first-order valence-electron chi connectivity index (χ1n) is 7.98. The second kappa shape index (κ2) is 8.22. The maximum absolute atomic E-state index is 13.6. The van der Waals surface area contributed by atoms with Crippen LogP contribution in [0.1, 0.15) is 10.4 Å². The second-order valence-electron chi connectivity index (χ2n) is 5.64. The predicted molar refractivity (Wildman–Crippen MR) is 97.7 cm³/mol. The molecular formula is C19H15F3N2O2S. The summed E-state index contributed by atoms with van der Waals surface area (Å²) in [6.07, 6.45) is -0.0969. The maximum atomic E-state index is 13.6. The van der Waals surface area contributed by atoms with Crippen LogP contribution >= 0.6 is 11.3 Å². The number of ether oxygens (including phenoxy) is 1. The fourth-order valence-electron chi connectivity index (χ4n) is 2.49. The van der Waals surface area contributed by atoms with Gasteiger partial charge in [-0.2, -0.15) is 8.78 Å². The SMILES string of the molecule is Cc1sc(NC(=O)Cc2ccccc2F)nc1-c1ccc(OC(F)F)cc1. The van der Waals surface area contributed by atoms with Gasteiger partial charge in [0.1, 0.15) is 11.6 Å². The number of aromatic nitrogens is 1. The molecule has 4 nitrogen and oxygen atoms in total. The number of nitrogens with one attached hydrogen (secondary N) is 1. The van der Waals surface area contributed by atoms with Crippen LogP contribution in [0, 0.1) is 12.7 Å². The highest BCUT2D eigenvalue weighted by Gasteiger charge is 2.14. The largest absolute Gasteiger partial charge is 0.435 e. The zero-order valence-corrected chi connectivity index (χ0v) is 15.0. The number of carbonyl (C=O) groups excluding carboxylic acids is 1. The van der Waals surface area contributed by atoms with Gasteiger partial charge in [-0.1, -0.05) is 18.2 Å². The third kappa shape index (κ3) is 4.85. The Morgan fingerprint density at radius 1 is 1.19 bits per heavy atom. The molecule has 0 aliphatic heterocycles. The Balaban J connectivity index is 1.70. The van der Waals surface area contributed by atoms with Crippen molar-refractivity contribution in [3.8, 4) is 17.0 Å². The number of alkyl halides is 2. The van der Waals surface area contributed by atoms with Crippen LogP contribution in [0.4, 0.5) is 18.3 Å². The molecule has 0 spiro atoms. The van der Waals surface area contributed by atoms with Gasteiger partial charge in [0, 0.05) is 10.4 Å². The third-order valence-corrected chi connectivity index (χ3v) is 4.59. The van der Waals surface area contributed by atoms with Gasteiger partial charge in [0.2, 0.25) is 5.91 Å². The fraction of sp³-hybridized carbons (Fsp3) is 0.158. The van der Waals surface area contributed by atoms with Crippen LogP contribution in [-0.4, -0.2) is 17.5 Å². The number of nitrogens with zero attached hydrogens (tertiary/aromatic N) is 1. The zero-order valence-electron chi connectivity index (χ0n) is 14.2. The molecule has 0 aliphatic rings. The molecule has 1 amide bonds. The topological polar surface area (TPSA) is 51.2 Å². The van der Waals surface area contributed by atoms with Crippen molar-refractivity contribution in [2.75, 3.05) is 5.32 Å². The summed E-state index contributed by atoms with van der Waals surface area (Å²) in [5.74, 6) is -0.754. The van der Waals surface area contributed by atoms with Crippen LogP contribution in [0.2, 0.25) is 0 Å². The molecule has 27 heavy (non-hydrogen) atoms. The van der Waals surface area contributed by atoms with E-state index < -0.39 is 12.4 Å². The fourth-order valence-corrected chi connectivity index (χ4v) is 3.34. The molecule has 0 fully saturated rings. The van der Waals surface area contributed by atoms with E-state index in [4.69, 9.17) is 0 Å². The number of thiazole rings is 1. The van der Waals surface area contributed by atoms with E-state index in [2.05, 4.69) is 15.0 Å². The van der Waals surface area contributed by atoms with Gasteiger partial charge in [0.15, 0.2) is 5.13 Å². The number of carbonyl (C=O) groups is 1. The predicted octanol–water partition coefficient (Wildman–Crippen LogP) is 5.04. The summed E-state index contributed by atoms with van der Waals surface area (Å²) < 4.78 is 42.4.